The number of carbonyl (C=O) groups is 1. The van der Waals surface area contributed by atoms with Gasteiger partial charge in [0.05, 0.1) is 7.11 Å². The molecule has 3 rings (SSSR count). The second-order valence-corrected chi connectivity index (χ2v) is 4.52. The minimum absolute atomic E-state index is 0.0442. The van der Waals surface area contributed by atoms with E-state index in [1.807, 2.05) is 30.3 Å². The number of benzene rings is 2. The van der Waals surface area contributed by atoms with Crippen molar-refractivity contribution < 1.29 is 19.0 Å². The van der Waals surface area contributed by atoms with E-state index in [9.17, 15) is 4.79 Å². The molecule has 20 heavy (non-hydrogen) atoms. The number of hydrogen-bond donors (Lipinski definition) is 0. The highest BCUT2D eigenvalue weighted by Gasteiger charge is 2.15. The van der Waals surface area contributed by atoms with E-state index in [2.05, 4.69) is 0 Å². The molecule has 0 bridgehead atoms. The lowest BCUT2D eigenvalue weighted by atomic mass is 10.0. The lowest BCUT2D eigenvalue weighted by Crippen LogP contribution is -2.03. The highest BCUT2D eigenvalue weighted by atomic mass is 16.7. The maximum atomic E-state index is 12.3. The maximum Gasteiger partial charge on any atom is 0.231 e. The summed E-state index contributed by atoms with van der Waals surface area (Å²) < 4.78 is 15.7. The third-order valence-electron chi connectivity index (χ3n) is 3.19. The summed E-state index contributed by atoms with van der Waals surface area (Å²) in [6.07, 6.45) is 0.323. The number of ketones is 1. The van der Waals surface area contributed by atoms with Crippen LogP contribution in [0.25, 0.3) is 0 Å². The van der Waals surface area contributed by atoms with E-state index in [-0.39, 0.29) is 12.6 Å². The number of fused-ring (bicyclic) bond motifs is 1. The normalized spacial score (nSPS) is 12.2. The average Bonchev–Trinajstić information content (AvgIpc) is 2.95. The summed E-state index contributed by atoms with van der Waals surface area (Å²) in [4.78, 5) is 12.3. The van der Waals surface area contributed by atoms with Crippen molar-refractivity contribution in [3.63, 3.8) is 0 Å². The molecule has 0 aromatic heterocycles. The number of rotatable bonds is 4. The Morgan fingerprint density at radius 1 is 1.15 bits per heavy atom. The molecule has 102 valence electrons. The minimum Gasteiger partial charge on any atom is -0.497 e. The second kappa shape index (κ2) is 5.25. The molecule has 4 heteroatoms. The molecular formula is C16H14O4. The number of carbonyl (C=O) groups excluding carboxylic acids is 1. The van der Waals surface area contributed by atoms with Gasteiger partial charge in [-0.3, -0.25) is 4.79 Å². The Bertz CT molecular complexity index is 649. The van der Waals surface area contributed by atoms with Crippen molar-refractivity contribution in [1.82, 2.24) is 0 Å². The minimum atomic E-state index is 0.0442. The summed E-state index contributed by atoms with van der Waals surface area (Å²) >= 11 is 0. The van der Waals surface area contributed by atoms with Gasteiger partial charge in [0, 0.05) is 12.0 Å². The van der Waals surface area contributed by atoms with E-state index in [4.69, 9.17) is 14.2 Å². The summed E-state index contributed by atoms with van der Waals surface area (Å²) in [5.74, 6) is 2.15. The molecule has 0 fully saturated rings. The third-order valence-corrected chi connectivity index (χ3v) is 3.19. The van der Waals surface area contributed by atoms with Crippen molar-refractivity contribution in [2.45, 2.75) is 6.42 Å². The van der Waals surface area contributed by atoms with E-state index in [0.29, 0.717) is 23.5 Å². The van der Waals surface area contributed by atoms with Gasteiger partial charge in [0.2, 0.25) is 6.79 Å². The maximum absolute atomic E-state index is 12.3. The molecule has 0 amide bonds. The molecule has 2 aromatic carbocycles. The van der Waals surface area contributed by atoms with Crippen LogP contribution in [0.4, 0.5) is 0 Å². The molecule has 0 radical (unpaired) electrons. The fourth-order valence-corrected chi connectivity index (χ4v) is 2.13. The number of Topliss-reactive ketones (excluding diaryl/α,β-unsaturated/α-hetero) is 1. The zero-order valence-corrected chi connectivity index (χ0v) is 11.1. The van der Waals surface area contributed by atoms with Crippen LogP contribution in [0.2, 0.25) is 0 Å². The van der Waals surface area contributed by atoms with Gasteiger partial charge in [-0.1, -0.05) is 18.2 Å². The predicted octanol–water partition coefficient (Wildman–Crippen LogP) is 2.85. The zero-order valence-electron chi connectivity index (χ0n) is 11.1. The monoisotopic (exact) mass is 270 g/mol. The van der Waals surface area contributed by atoms with E-state index in [1.54, 1.807) is 19.2 Å². The summed E-state index contributed by atoms with van der Waals surface area (Å²) in [7, 11) is 1.58. The molecule has 0 N–H and O–H groups in total. The highest BCUT2D eigenvalue weighted by Crippen LogP contribution is 2.32. The van der Waals surface area contributed by atoms with Crippen LogP contribution in [-0.4, -0.2) is 19.7 Å². The molecular weight excluding hydrogens is 256 g/mol. The number of ether oxygens (including phenoxy) is 3. The van der Waals surface area contributed by atoms with E-state index in [0.717, 1.165) is 11.3 Å². The summed E-state index contributed by atoms with van der Waals surface area (Å²) in [6, 6.07) is 12.7. The first-order valence-electron chi connectivity index (χ1n) is 6.32. The quantitative estimate of drug-likeness (QED) is 0.801. The average molecular weight is 270 g/mol. The van der Waals surface area contributed by atoms with Crippen LogP contribution in [0.3, 0.4) is 0 Å². The Balaban J connectivity index is 1.78. The molecule has 0 spiro atoms. The molecule has 0 aliphatic carbocycles. The Hall–Kier alpha value is -2.49. The molecule has 0 saturated carbocycles. The van der Waals surface area contributed by atoms with Crippen molar-refractivity contribution in [1.29, 1.82) is 0 Å². The molecule has 1 heterocycles. The first-order valence-corrected chi connectivity index (χ1v) is 6.32. The van der Waals surface area contributed by atoms with Crippen LogP contribution in [0.15, 0.2) is 42.5 Å². The predicted molar refractivity (Wildman–Crippen MR) is 73.6 cm³/mol. The second-order valence-electron chi connectivity index (χ2n) is 4.52. The fraction of sp³-hybridized carbons (Fsp3) is 0.188. The lowest BCUT2D eigenvalue weighted by molar-refractivity contribution is 0.0992. The van der Waals surface area contributed by atoms with E-state index < -0.39 is 0 Å². The first-order chi connectivity index (χ1) is 9.76. The summed E-state index contributed by atoms with van der Waals surface area (Å²) in [5, 5.41) is 0. The molecule has 1 aliphatic heterocycles. The van der Waals surface area contributed by atoms with Gasteiger partial charge in [0.1, 0.15) is 5.75 Å². The highest BCUT2D eigenvalue weighted by molar-refractivity contribution is 5.97. The van der Waals surface area contributed by atoms with Crippen molar-refractivity contribution in [2.24, 2.45) is 0 Å². The Morgan fingerprint density at radius 2 is 2.00 bits per heavy atom. The molecule has 0 saturated heterocycles. The van der Waals surface area contributed by atoms with Crippen LogP contribution in [-0.2, 0) is 6.42 Å². The van der Waals surface area contributed by atoms with Crippen LogP contribution >= 0.6 is 0 Å². The van der Waals surface area contributed by atoms with Gasteiger partial charge in [-0.2, -0.15) is 0 Å². The molecule has 0 unspecified atom stereocenters. The standard InChI is InChI=1S/C16H14O4/c1-18-13-4-2-3-12(9-13)14(17)7-11-5-6-15-16(8-11)20-10-19-15/h2-6,8-9H,7,10H2,1H3. The smallest absolute Gasteiger partial charge is 0.231 e. The van der Waals surface area contributed by atoms with Gasteiger partial charge in [-0.15, -0.1) is 0 Å². The largest absolute Gasteiger partial charge is 0.497 e. The van der Waals surface area contributed by atoms with Crippen molar-refractivity contribution in [3.8, 4) is 17.2 Å². The van der Waals surface area contributed by atoms with Gasteiger partial charge in [0.15, 0.2) is 17.3 Å². The Morgan fingerprint density at radius 3 is 2.85 bits per heavy atom. The van der Waals surface area contributed by atoms with Gasteiger partial charge in [0.25, 0.3) is 0 Å². The van der Waals surface area contributed by atoms with Crippen molar-refractivity contribution >= 4 is 5.78 Å². The molecule has 1 aliphatic rings. The molecule has 0 atom stereocenters. The molecule has 4 nitrogen and oxygen atoms in total. The lowest BCUT2D eigenvalue weighted by Gasteiger charge is -2.05. The first kappa shape index (κ1) is 12.5. The van der Waals surface area contributed by atoms with Gasteiger partial charge >= 0.3 is 0 Å². The van der Waals surface area contributed by atoms with E-state index >= 15 is 0 Å². The Labute approximate surface area is 116 Å². The van der Waals surface area contributed by atoms with E-state index in [1.165, 1.54) is 0 Å². The number of methoxy groups -OCH3 is 1. The van der Waals surface area contributed by atoms with Crippen molar-refractivity contribution in [3.05, 3.63) is 53.6 Å². The van der Waals surface area contributed by atoms with Crippen LogP contribution < -0.4 is 14.2 Å². The number of hydrogen-bond acceptors (Lipinski definition) is 4. The third kappa shape index (κ3) is 2.45. The summed E-state index contributed by atoms with van der Waals surface area (Å²) in [6.45, 7) is 0.239. The van der Waals surface area contributed by atoms with Gasteiger partial charge < -0.3 is 14.2 Å². The topological polar surface area (TPSA) is 44.8 Å². The van der Waals surface area contributed by atoms with Gasteiger partial charge in [-0.05, 0) is 29.8 Å². The fourth-order valence-electron chi connectivity index (χ4n) is 2.13. The summed E-state index contributed by atoms with van der Waals surface area (Å²) in [5.41, 5.74) is 1.55. The molecule has 2 aromatic rings. The van der Waals surface area contributed by atoms with Gasteiger partial charge in [-0.25, -0.2) is 0 Å². The Kier molecular flexibility index (Phi) is 3.29. The van der Waals surface area contributed by atoms with Crippen LogP contribution in [0, 0.1) is 0 Å². The zero-order chi connectivity index (χ0) is 13.9. The van der Waals surface area contributed by atoms with Crippen molar-refractivity contribution in [2.75, 3.05) is 13.9 Å². The van der Waals surface area contributed by atoms with Crippen LogP contribution in [0.1, 0.15) is 15.9 Å². The van der Waals surface area contributed by atoms with Crippen LogP contribution in [0.5, 0.6) is 17.2 Å². The SMILES string of the molecule is COc1cccc(C(=O)Cc2ccc3c(c2)OCO3)c1.